The van der Waals surface area contributed by atoms with Gasteiger partial charge in [-0.15, -0.1) is 0 Å². The number of carbonyl (C=O) groups excluding carboxylic acids is 2. The Morgan fingerprint density at radius 3 is 3.00 bits per heavy atom. The van der Waals surface area contributed by atoms with E-state index in [1.165, 1.54) is 31.3 Å². The summed E-state index contributed by atoms with van der Waals surface area (Å²) < 4.78 is 19.7. The normalized spacial score (nSPS) is 19.1. The van der Waals surface area contributed by atoms with Crippen LogP contribution in [0.25, 0.3) is 0 Å². The van der Waals surface area contributed by atoms with Crippen molar-refractivity contribution in [2.45, 2.75) is 13.0 Å². The molecule has 0 spiro atoms. The van der Waals surface area contributed by atoms with E-state index in [2.05, 4.69) is 15.3 Å². The minimum Gasteiger partial charge on any atom is -0.447 e. The molecule has 2 heterocycles. The van der Waals surface area contributed by atoms with Crippen molar-refractivity contribution in [3.8, 4) is 0 Å². The number of carbonyl (C=O) groups is 2. The van der Waals surface area contributed by atoms with Gasteiger partial charge in [0.05, 0.1) is 24.1 Å². The monoisotopic (exact) mass is 377 g/mol. The molecule has 1 atom stereocenters. The first-order valence-electron chi connectivity index (χ1n) is 8.27. The molecule has 1 N–H and O–H groups in total. The highest BCUT2D eigenvalue weighted by Gasteiger charge is 2.34. The van der Waals surface area contributed by atoms with Gasteiger partial charge in [-0.05, 0) is 18.2 Å². The Kier molecular flexibility index (Phi) is 5.43. The van der Waals surface area contributed by atoms with Crippen LogP contribution in [0.15, 0.2) is 35.8 Å². The lowest BCUT2D eigenvalue weighted by Gasteiger charge is -2.23. The number of nitrogens with zero attached hydrogens (tertiary/aromatic N) is 4. The first kappa shape index (κ1) is 18.5. The zero-order valence-electron chi connectivity index (χ0n) is 15.0. The van der Waals surface area contributed by atoms with Gasteiger partial charge in [-0.25, -0.2) is 9.18 Å². The SMILES string of the molecule is CON=CN1C=CN(c2ccc(N3C(=O)OC[C@@H]3CNC(C)=O)cc2F)C1. The van der Waals surface area contributed by atoms with Crippen LogP contribution in [0.3, 0.4) is 0 Å². The summed E-state index contributed by atoms with van der Waals surface area (Å²) in [7, 11) is 1.44. The quantitative estimate of drug-likeness (QED) is 0.459. The van der Waals surface area contributed by atoms with Crippen molar-refractivity contribution in [1.82, 2.24) is 10.2 Å². The second-order valence-corrected chi connectivity index (χ2v) is 6.00. The average Bonchev–Trinajstić information content (AvgIpc) is 3.24. The van der Waals surface area contributed by atoms with Gasteiger partial charge in [0.15, 0.2) is 0 Å². The molecule has 1 aromatic carbocycles. The highest BCUT2D eigenvalue weighted by Crippen LogP contribution is 2.30. The third kappa shape index (κ3) is 4.10. The maximum Gasteiger partial charge on any atom is 0.414 e. The zero-order valence-corrected chi connectivity index (χ0v) is 15.0. The van der Waals surface area contributed by atoms with Crippen molar-refractivity contribution < 1.29 is 23.6 Å². The highest BCUT2D eigenvalue weighted by molar-refractivity contribution is 5.90. The molecule has 0 saturated carbocycles. The molecule has 0 bridgehead atoms. The van der Waals surface area contributed by atoms with Gasteiger partial charge >= 0.3 is 6.09 Å². The van der Waals surface area contributed by atoms with Crippen molar-refractivity contribution in [1.29, 1.82) is 0 Å². The number of cyclic esters (lactones) is 1. The standard InChI is InChI=1S/C17H20FN5O4/c1-12(24)19-8-14-9-27-17(25)23(14)13-3-4-16(15(18)7-13)22-6-5-21(11-22)10-20-26-2/h3-7,10,14H,8-9,11H2,1-2H3,(H,19,24)/t14-/m0/s1. The van der Waals surface area contributed by atoms with E-state index in [-0.39, 0.29) is 25.1 Å². The molecule has 2 aliphatic rings. The Bertz CT molecular complexity index is 785. The fourth-order valence-electron chi connectivity index (χ4n) is 2.84. The number of hydrogen-bond donors (Lipinski definition) is 1. The van der Waals surface area contributed by atoms with Crippen molar-refractivity contribution in [2.75, 3.05) is 36.7 Å². The largest absolute Gasteiger partial charge is 0.447 e. The Morgan fingerprint density at radius 1 is 1.48 bits per heavy atom. The zero-order chi connectivity index (χ0) is 19.4. The van der Waals surface area contributed by atoms with E-state index in [1.54, 1.807) is 34.3 Å². The van der Waals surface area contributed by atoms with Gasteiger partial charge in [0.25, 0.3) is 0 Å². The molecular weight excluding hydrogens is 357 g/mol. The summed E-state index contributed by atoms with van der Waals surface area (Å²) in [6, 6.07) is 4.13. The smallest absolute Gasteiger partial charge is 0.414 e. The summed E-state index contributed by atoms with van der Waals surface area (Å²) in [5.41, 5.74) is 0.726. The maximum atomic E-state index is 14.7. The lowest BCUT2D eigenvalue weighted by molar-refractivity contribution is -0.119. The maximum absolute atomic E-state index is 14.7. The fraction of sp³-hybridized carbons (Fsp3) is 0.353. The first-order valence-corrected chi connectivity index (χ1v) is 8.27. The van der Waals surface area contributed by atoms with E-state index in [9.17, 15) is 14.0 Å². The van der Waals surface area contributed by atoms with Crippen molar-refractivity contribution >= 4 is 29.7 Å². The summed E-state index contributed by atoms with van der Waals surface area (Å²) in [4.78, 5) is 32.5. The van der Waals surface area contributed by atoms with Crippen LogP contribution < -0.4 is 15.1 Å². The predicted octanol–water partition coefficient (Wildman–Crippen LogP) is 1.43. The van der Waals surface area contributed by atoms with Gasteiger partial charge < -0.3 is 24.7 Å². The number of halogens is 1. The molecular formula is C17H20FN5O4. The van der Waals surface area contributed by atoms with Crippen LogP contribution in [-0.2, 0) is 14.4 Å². The molecule has 27 heavy (non-hydrogen) atoms. The van der Waals surface area contributed by atoms with Gasteiger partial charge in [0, 0.05) is 25.9 Å². The Balaban J connectivity index is 1.74. The van der Waals surface area contributed by atoms with E-state index < -0.39 is 11.9 Å². The highest BCUT2D eigenvalue weighted by atomic mass is 19.1. The number of hydrogen-bond acceptors (Lipinski definition) is 6. The molecule has 0 aliphatic carbocycles. The first-order chi connectivity index (χ1) is 13.0. The molecule has 1 saturated heterocycles. The second kappa shape index (κ2) is 7.94. The number of oxime groups is 1. The van der Waals surface area contributed by atoms with Crippen molar-refractivity contribution in [2.24, 2.45) is 5.16 Å². The lowest BCUT2D eigenvalue weighted by atomic mass is 10.2. The van der Waals surface area contributed by atoms with Crippen LogP contribution in [0.2, 0.25) is 0 Å². The van der Waals surface area contributed by atoms with E-state index in [1.807, 2.05) is 0 Å². The molecule has 2 amide bonds. The number of ether oxygens (including phenoxy) is 1. The summed E-state index contributed by atoms with van der Waals surface area (Å²) in [5, 5.41) is 6.31. The van der Waals surface area contributed by atoms with Crippen molar-refractivity contribution in [3.63, 3.8) is 0 Å². The molecule has 1 fully saturated rings. The number of benzene rings is 1. The number of nitrogens with one attached hydrogen (secondary N) is 1. The number of amides is 2. The van der Waals surface area contributed by atoms with Crippen LogP contribution in [0.4, 0.5) is 20.6 Å². The van der Waals surface area contributed by atoms with E-state index in [0.29, 0.717) is 18.0 Å². The minimum absolute atomic E-state index is 0.130. The summed E-state index contributed by atoms with van der Waals surface area (Å²) in [5.74, 6) is -0.695. The topological polar surface area (TPSA) is 86.7 Å². The third-order valence-electron chi connectivity index (χ3n) is 4.12. The molecule has 10 heteroatoms. The Morgan fingerprint density at radius 2 is 2.30 bits per heavy atom. The summed E-state index contributed by atoms with van der Waals surface area (Å²) in [6.45, 7) is 2.12. The Labute approximate surface area is 155 Å². The molecule has 3 rings (SSSR count). The molecule has 2 aliphatic heterocycles. The van der Waals surface area contributed by atoms with Gasteiger partial charge in [-0.2, -0.15) is 0 Å². The van der Waals surface area contributed by atoms with Crippen LogP contribution in [0, 0.1) is 5.82 Å². The summed E-state index contributed by atoms with van der Waals surface area (Å²) >= 11 is 0. The minimum atomic E-state index is -0.569. The van der Waals surface area contributed by atoms with Crippen LogP contribution in [0.5, 0.6) is 0 Å². The van der Waals surface area contributed by atoms with Crippen LogP contribution in [-0.4, -0.2) is 56.2 Å². The van der Waals surface area contributed by atoms with Gasteiger partial charge in [0.2, 0.25) is 5.91 Å². The molecule has 144 valence electrons. The van der Waals surface area contributed by atoms with E-state index in [0.717, 1.165) is 0 Å². The number of rotatable bonds is 6. The second-order valence-electron chi connectivity index (χ2n) is 6.00. The molecule has 1 aromatic rings. The number of anilines is 2. The van der Waals surface area contributed by atoms with Crippen molar-refractivity contribution in [3.05, 3.63) is 36.4 Å². The van der Waals surface area contributed by atoms with Gasteiger partial charge in [-0.3, -0.25) is 9.69 Å². The fourth-order valence-corrected chi connectivity index (χ4v) is 2.84. The molecule has 9 nitrogen and oxygen atoms in total. The van der Waals surface area contributed by atoms with Crippen LogP contribution in [0.1, 0.15) is 6.92 Å². The van der Waals surface area contributed by atoms with Gasteiger partial charge in [0.1, 0.15) is 25.9 Å². The predicted molar refractivity (Wildman–Crippen MR) is 96.5 cm³/mol. The van der Waals surface area contributed by atoms with Gasteiger partial charge in [-0.1, -0.05) is 5.16 Å². The lowest BCUT2D eigenvalue weighted by Crippen LogP contribution is -2.42. The average molecular weight is 377 g/mol. The summed E-state index contributed by atoms with van der Waals surface area (Å²) in [6.07, 6.45) is 4.36. The van der Waals surface area contributed by atoms with Crippen LogP contribution >= 0.6 is 0 Å². The third-order valence-corrected chi connectivity index (χ3v) is 4.12. The molecule has 0 unspecified atom stereocenters. The molecule has 0 aromatic heterocycles. The Hall–Kier alpha value is -3.30. The molecule has 0 radical (unpaired) electrons. The van der Waals surface area contributed by atoms with E-state index >= 15 is 0 Å². The van der Waals surface area contributed by atoms with E-state index in [4.69, 9.17) is 4.74 Å².